The van der Waals surface area contributed by atoms with E-state index < -0.39 is 10.0 Å². The van der Waals surface area contributed by atoms with E-state index in [-0.39, 0.29) is 21.4 Å². The number of piperidine rings is 1. The highest BCUT2D eigenvalue weighted by molar-refractivity contribution is 7.91. The molecule has 1 amide bonds. The zero-order valence-corrected chi connectivity index (χ0v) is 13.6. The molecule has 0 bridgehead atoms. The van der Waals surface area contributed by atoms with Gasteiger partial charge in [0, 0.05) is 19.5 Å². The van der Waals surface area contributed by atoms with Crippen LogP contribution in [0, 0.1) is 0 Å². The SMILES string of the molecule is CCN(C1CCNCC1)S(=O)(=O)c1nnc(NC(C)=O)s1. The number of rotatable bonds is 5. The predicted molar refractivity (Wildman–Crippen MR) is 79.7 cm³/mol. The van der Waals surface area contributed by atoms with Crippen molar-refractivity contribution in [3.8, 4) is 0 Å². The molecule has 0 aromatic carbocycles. The highest BCUT2D eigenvalue weighted by Gasteiger charge is 2.33. The molecule has 1 aliphatic heterocycles. The lowest BCUT2D eigenvalue weighted by atomic mass is 10.1. The van der Waals surface area contributed by atoms with Crippen molar-refractivity contribution >= 4 is 32.4 Å². The molecule has 21 heavy (non-hydrogen) atoms. The normalized spacial score (nSPS) is 17.1. The second kappa shape index (κ2) is 6.77. The van der Waals surface area contributed by atoms with Crippen molar-refractivity contribution in [1.29, 1.82) is 0 Å². The molecular formula is C11H19N5O3S2. The first-order valence-electron chi connectivity index (χ1n) is 6.78. The molecule has 1 aromatic heterocycles. The van der Waals surface area contributed by atoms with Crippen LogP contribution in [-0.2, 0) is 14.8 Å². The van der Waals surface area contributed by atoms with E-state index in [2.05, 4.69) is 20.8 Å². The molecule has 0 radical (unpaired) electrons. The minimum atomic E-state index is -3.67. The van der Waals surface area contributed by atoms with Gasteiger partial charge < -0.3 is 10.6 Å². The summed E-state index contributed by atoms with van der Waals surface area (Å²) in [6, 6.07) is -0.0191. The van der Waals surface area contributed by atoms with Gasteiger partial charge in [-0.1, -0.05) is 18.3 Å². The number of anilines is 1. The highest BCUT2D eigenvalue weighted by atomic mass is 32.2. The van der Waals surface area contributed by atoms with Gasteiger partial charge in [0.15, 0.2) is 0 Å². The van der Waals surface area contributed by atoms with Crippen LogP contribution in [0.25, 0.3) is 0 Å². The van der Waals surface area contributed by atoms with Crippen LogP contribution in [0.5, 0.6) is 0 Å². The summed E-state index contributed by atoms with van der Waals surface area (Å²) in [7, 11) is -3.67. The second-order valence-corrected chi connectivity index (χ2v) is 7.79. The Hall–Kier alpha value is -1.10. The van der Waals surface area contributed by atoms with Crippen LogP contribution in [-0.4, -0.2) is 54.5 Å². The molecule has 1 aromatic rings. The first-order valence-corrected chi connectivity index (χ1v) is 9.04. The van der Waals surface area contributed by atoms with Crippen molar-refractivity contribution in [2.75, 3.05) is 25.0 Å². The van der Waals surface area contributed by atoms with Crippen molar-refractivity contribution in [3.63, 3.8) is 0 Å². The number of sulfonamides is 1. The van der Waals surface area contributed by atoms with E-state index in [1.807, 2.05) is 6.92 Å². The monoisotopic (exact) mass is 333 g/mol. The Morgan fingerprint density at radius 1 is 1.43 bits per heavy atom. The molecule has 0 aliphatic carbocycles. The quantitative estimate of drug-likeness (QED) is 0.749. The van der Waals surface area contributed by atoms with Gasteiger partial charge in [-0.25, -0.2) is 8.42 Å². The number of aromatic nitrogens is 2. The van der Waals surface area contributed by atoms with E-state index in [1.165, 1.54) is 11.2 Å². The molecule has 0 atom stereocenters. The van der Waals surface area contributed by atoms with Crippen LogP contribution >= 0.6 is 11.3 Å². The van der Waals surface area contributed by atoms with Gasteiger partial charge in [0.05, 0.1) is 0 Å². The molecule has 1 saturated heterocycles. The molecular weight excluding hydrogens is 314 g/mol. The van der Waals surface area contributed by atoms with Gasteiger partial charge in [0.25, 0.3) is 10.0 Å². The number of nitrogens with zero attached hydrogens (tertiary/aromatic N) is 3. The molecule has 0 spiro atoms. The lowest BCUT2D eigenvalue weighted by Crippen LogP contribution is -2.45. The maximum absolute atomic E-state index is 12.7. The Balaban J connectivity index is 2.21. The molecule has 1 fully saturated rings. The molecule has 10 heteroatoms. The summed E-state index contributed by atoms with van der Waals surface area (Å²) in [6.07, 6.45) is 1.56. The van der Waals surface area contributed by atoms with Gasteiger partial charge in [-0.3, -0.25) is 4.79 Å². The number of hydrogen-bond donors (Lipinski definition) is 2. The topological polar surface area (TPSA) is 104 Å². The number of hydrogen-bond acceptors (Lipinski definition) is 7. The van der Waals surface area contributed by atoms with Crippen molar-refractivity contribution in [3.05, 3.63) is 0 Å². The Morgan fingerprint density at radius 2 is 2.10 bits per heavy atom. The third-order valence-corrected chi connectivity index (χ3v) is 6.46. The van der Waals surface area contributed by atoms with Crippen LogP contribution < -0.4 is 10.6 Å². The van der Waals surface area contributed by atoms with Gasteiger partial charge in [-0.05, 0) is 25.9 Å². The molecule has 2 N–H and O–H groups in total. The van der Waals surface area contributed by atoms with Crippen LogP contribution in [0.3, 0.4) is 0 Å². The van der Waals surface area contributed by atoms with Crippen molar-refractivity contribution < 1.29 is 13.2 Å². The number of carbonyl (C=O) groups is 1. The second-order valence-electron chi connectivity index (χ2n) is 4.74. The number of amides is 1. The van der Waals surface area contributed by atoms with E-state index >= 15 is 0 Å². The smallest absolute Gasteiger partial charge is 0.272 e. The van der Waals surface area contributed by atoms with Crippen LogP contribution in [0.1, 0.15) is 26.7 Å². The van der Waals surface area contributed by atoms with Gasteiger partial charge in [0.1, 0.15) is 0 Å². The molecule has 2 heterocycles. The third kappa shape index (κ3) is 3.76. The lowest BCUT2D eigenvalue weighted by Gasteiger charge is -2.32. The van der Waals surface area contributed by atoms with Gasteiger partial charge in [0.2, 0.25) is 15.4 Å². The van der Waals surface area contributed by atoms with E-state index in [0.29, 0.717) is 6.54 Å². The Kier molecular flexibility index (Phi) is 5.25. The van der Waals surface area contributed by atoms with E-state index in [0.717, 1.165) is 37.3 Å². The summed E-state index contributed by atoms with van der Waals surface area (Å²) in [5, 5.41) is 13.3. The average Bonchev–Trinajstić information content (AvgIpc) is 2.89. The predicted octanol–water partition coefficient (Wildman–Crippen LogP) is 0.259. The lowest BCUT2D eigenvalue weighted by molar-refractivity contribution is -0.114. The summed E-state index contributed by atoms with van der Waals surface area (Å²) in [4.78, 5) is 11.0. The summed E-state index contributed by atoms with van der Waals surface area (Å²) in [6.45, 7) is 5.16. The fourth-order valence-corrected chi connectivity index (χ4v) is 5.09. The minimum Gasteiger partial charge on any atom is -0.317 e. The van der Waals surface area contributed by atoms with Gasteiger partial charge >= 0.3 is 0 Å². The minimum absolute atomic E-state index is 0.0191. The maximum atomic E-state index is 12.7. The molecule has 8 nitrogen and oxygen atoms in total. The Labute approximate surface area is 128 Å². The van der Waals surface area contributed by atoms with E-state index in [1.54, 1.807) is 0 Å². The fraction of sp³-hybridized carbons (Fsp3) is 0.727. The molecule has 1 aliphatic rings. The zero-order chi connectivity index (χ0) is 15.5. The summed E-state index contributed by atoms with van der Waals surface area (Å²) in [5.41, 5.74) is 0. The third-order valence-electron chi connectivity index (χ3n) is 3.25. The maximum Gasteiger partial charge on any atom is 0.272 e. The summed E-state index contributed by atoms with van der Waals surface area (Å²) in [5.74, 6) is -0.305. The van der Waals surface area contributed by atoms with Crippen molar-refractivity contribution in [2.24, 2.45) is 0 Å². The first kappa shape index (κ1) is 16.3. The average molecular weight is 333 g/mol. The molecule has 118 valence electrons. The first-order chi connectivity index (χ1) is 9.95. The van der Waals surface area contributed by atoms with Crippen LogP contribution in [0.4, 0.5) is 5.13 Å². The van der Waals surface area contributed by atoms with E-state index in [9.17, 15) is 13.2 Å². The van der Waals surface area contributed by atoms with Crippen molar-refractivity contribution in [1.82, 2.24) is 19.8 Å². The Bertz CT molecular complexity index is 595. The van der Waals surface area contributed by atoms with Gasteiger partial charge in [-0.15, -0.1) is 10.2 Å². The molecule has 0 saturated carbocycles. The number of nitrogens with one attached hydrogen (secondary N) is 2. The highest BCUT2D eigenvalue weighted by Crippen LogP contribution is 2.26. The van der Waals surface area contributed by atoms with Gasteiger partial charge in [-0.2, -0.15) is 4.31 Å². The van der Waals surface area contributed by atoms with Crippen LogP contribution in [0.15, 0.2) is 4.34 Å². The number of carbonyl (C=O) groups excluding carboxylic acids is 1. The Morgan fingerprint density at radius 3 is 2.67 bits per heavy atom. The summed E-state index contributed by atoms with van der Waals surface area (Å²) >= 11 is 0.876. The largest absolute Gasteiger partial charge is 0.317 e. The van der Waals surface area contributed by atoms with Crippen molar-refractivity contribution in [2.45, 2.75) is 37.1 Å². The zero-order valence-electron chi connectivity index (χ0n) is 12.0. The fourth-order valence-electron chi connectivity index (χ4n) is 2.33. The van der Waals surface area contributed by atoms with Crippen LogP contribution in [0.2, 0.25) is 0 Å². The van der Waals surface area contributed by atoms with E-state index in [4.69, 9.17) is 0 Å². The summed E-state index contributed by atoms with van der Waals surface area (Å²) < 4.78 is 26.7. The molecule has 0 unspecified atom stereocenters. The molecule has 2 rings (SSSR count). The standard InChI is InChI=1S/C11H19N5O3S2/c1-3-16(9-4-6-12-7-5-9)21(18,19)11-15-14-10(20-11)13-8(2)17/h9,12H,3-7H2,1-2H3,(H,13,14,17).